The fraction of sp³-hybridized carbons (Fsp3) is 0.409. The molecular formula is C22H27N3O3S. The number of hydrogen-bond acceptors (Lipinski definition) is 4. The lowest BCUT2D eigenvalue weighted by molar-refractivity contribution is -0.128. The standard InChI is InChI=1S/C22H27N3O3S/c1-14-11-15(2)20(16(3)12-14)24-19(26)13-23-21(27)17-6-8-25(9-7-17)22(28)18-5-4-10-29-18/h4-5,10-12,17H,6-9,13H2,1-3H3,(H,23,27)(H,24,26). The Morgan fingerprint density at radius 3 is 2.34 bits per heavy atom. The van der Waals surface area contributed by atoms with Crippen molar-refractivity contribution in [3.63, 3.8) is 0 Å². The van der Waals surface area contributed by atoms with Gasteiger partial charge in [-0.05, 0) is 56.2 Å². The lowest BCUT2D eigenvalue weighted by Crippen LogP contribution is -2.44. The molecule has 6 nitrogen and oxygen atoms in total. The van der Waals surface area contributed by atoms with Crippen molar-refractivity contribution in [3.05, 3.63) is 51.2 Å². The van der Waals surface area contributed by atoms with E-state index in [4.69, 9.17) is 0 Å². The van der Waals surface area contributed by atoms with Gasteiger partial charge in [0.05, 0.1) is 11.4 Å². The van der Waals surface area contributed by atoms with E-state index in [0.29, 0.717) is 25.9 Å². The van der Waals surface area contributed by atoms with Crippen molar-refractivity contribution in [1.29, 1.82) is 0 Å². The predicted octanol–water partition coefficient (Wildman–Crippen LogP) is 3.28. The summed E-state index contributed by atoms with van der Waals surface area (Å²) in [6, 6.07) is 7.73. The van der Waals surface area contributed by atoms with E-state index in [9.17, 15) is 14.4 Å². The minimum absolute atomic E-state index is 0.0297. The molecule has 2 aromatic rings. The molecule has 1 fully saturated rings. The summed E-state index contributed by atoms with van der Waals surface area (Å²) in [5, 5.41) is 7.53. The lowest BCUT2D eigenvalue weighted by Gasteiger charge is -2.31. The summed E-state index contributed by atoms with van der Waals surface area (Å²) >= 11 is 1.43. The molecule has 1 aliphatic rings. The minimum atomic E-state index is -0.237. The van der Waals surface area contributed by atoms with Crippen LogP contribution in [0.1, 0.15) is 39.2 Å². The van der Waals surface area contributed by atoms with E-state index in [-0.39, 0.29) is 30.2 Å². The summed E-state index contributed by atoms with van der Waals surface area (Å²) in [5.41, 5.74) is 3.96. The highest BCUT2D eigenvalue weighted by atomic mass is 32.1. The van der Waals surface area contributed by atoms with Crippen LogP contribution in [-0.4, -0.2) is 42.3 Å². The Balaban J connectivity index is 1.45. The van der Waals surface area contributed by atoms with Gasteiger partial charge in [0, 0.05) is 24.7 Å². The summed E-state index contributed by atoms with van der Waals surface area (Å²) in [7, 11) is 0. The molecule has 0 radical (unpaired) electrons. The van der Waals surface area contributed by atoms with Crippen LogP contribution in [0.5, 0.6) is 0 Å². The molecule has 1 aromatic carbocycles. The van der Waals surface area contributed by atoms with Gasteiger partial charge < -0.3 is 15.5 Å². The number of nitrogens with one attached hydrogen (secondary N) is 2. The van der Waals surface area contributed by atoms with Gasteiger partial charge in [-0.3, -0.25) is 14.4 Å². The maximum Gasteiger partial charge on any atom is 0.263 e. The number of benzene rings is 1. The number of amides is 3. The number of carbonyl (C=O) groups is 3. The average Bonchev–Trinajstić information content (AvgIpc) is 3.23. The maximum atomic E-state index is 12.4. The van der Waals surface area contributed by atoms with E-state index in [1.54, 1.807) is 4.90 Å². The Hall–Kier alpha value is -2.67. The Bertz CT molecular complexity index is 877. The molecular weight excluding hydrogens is 386 g/mol. The fourth-order valence-electron chi connectivity index (χ4n) is 3.77. The molecule has 1 aromatic heterocycles. The third-order valence-electron chi connectivity index (χ3n) is 5.25. The lowest BCUT2D eigenvalue weighted by atomic mass is 9.96. The summed E-state index contributed by atoms with van der Waals surface area (Å²) in [5.74, 6) is -0.500. The zero-order valence-electron chi connectivity index (χ0n) is 17.1. The maximum absolute atomic E-state index is 12.4. The van der Waals surface area contributed by atoms with Gasteiger partial charge in [0.1, 0.15) is 0 Å². The van der Waals surface area contributed by atoms with Crippen LogP contribution >= 0.6 is 11.3 Å². The molecule has 0 bridgehead atoms. The first-order valence-corrected chi connectivity index (χ1v) is 10.7. The number of rotatable bonds is 5. The van der Waals surface area contributed by atoms with Crippen molar-refractivity contribution >= 4 is 34.7 Å². The number of thiophene rings is 1. The molecule has 0 aliphatic carbocycles. The minimum Gasteiger partial charge on any atom is -0.347 e. The molecule has 3 amide bonds. The van der Waals surface area contributed by atoms with Gasteiger partial charge in [-0.1, -0.05) is 23.8 Å². The number of hydrogen-bond donors (Lipinski definition) is 2. The number of likely N-dealkylation sites (tertiary alicyclic amines) is 1. The second-order valence-electron chi connectivity index (χ2n) is 7.58. The molecule has 29 heavy (non-hydrogen) atoms. The molecule has 0 spiro atoms. The smallest absolute Gasteiger partial charge is 0.263 e. The number of nitrogens with zero attached hydrogens (tertiary/aromatic N) is 1. The van der Waals surface area contributed by atoms with Crippen molar-refractivity contribution in [2.45, 2.75) is 33.6 Å². The van der Waals surface area contributed by atoms with Crippen molar-refractivity contribution in [2.75, 3.05) is 25.0 Å². The zero-order valence-corrected chi connectivity index (χ0v) is 17.9. The van der Waals surface area contributed by atoms with E-state index in [1.807, 2.05) is 50.4 Å². The monoisotopic (exact) mass is 413 g/mol. The number of carbonyl (C=O) groups excluding carboxylic acids is 3. The van der Waals surface area contributed by atoms with E-state index in [1.165, 1.54) is 11.3 Å². The fourth-order valence-corrected chi connectivity index (χ4v) is 4.46. The molecule has 1 aliphatic heterocycles. The van der Waals surface area contributed by atoms with Crippen LogP contribution < -0.4 is 10.6 Å². The molecule has 0 unspecified atom stereocenters. The van der Waals surface area contributed by atoms with Crippen molar-refractivity contribution in [3.8, 4) is 0 Å². The second kappa shape index (κ2) is 9.22. The van der Waals surface area contributed by atoms with Gasteiger partial charge in [0.25, 0.3) is 5.91 Å². The van der Waals surface area contributed by atoms with Crippen LogP contribution in [0.4, 0.5) is 5.69 Å². The molecule has 7 heteroatoms. The van der Waals surface area contributed by atoms with Gasteiger partial charge in [-0.2, -0.15) is 0 Å². The molecule has 3 rings (SSSR count). The van der Waals surface area contributed by atoms with Crippen LogP contribution in [0.15, 0.2) is 29.6 Å². The molecule has 154 valence electrons. The van der Waals surface area contributed by atoms with E-state index in [0.717, 1.165) is 27.3 Å². The van der Waals surface area contributed by atoms with Gasteiger partial charge in [-0.15, -0.1) is 11.3 Å². The van der Waals surface area contributed by atoms with Gasteiger partial charge in [0.15, 0.2) is 0 Å². The van der Waals surface area contributed by atoms with E-state index >= 15 is 0 Å². The van der Waals surface area contributed by atoms with E-state index in [2.05, 4.69) is 10.6 Å². The molecule has 0 atom stereocenters. The Labute approximate surface area is 175 Å². The first-order valence-electron chi connectivity index (χ1n) is 9.83. The predicted molar refractivity (Wildman–Crippen MR) is 115 cm³/mol. The molecule has 1 saturated heterocycles. The molecule has 0 saturated carbocycles. The third-order valence-corrected chi connectivity index (χ3v) is 6.11. The van der Waals surface area contributed by atoms with Crippen LogP contribution in [-0.2, 0) is 9.59 Å². The molecule has 2 N–H and O–H groups in total. The number of aryl methyl sites for hydroxylation is 3. The van der Waals surface area contributed by atoms with Crippen molar-refractivity contribution in [2.24, 2.45) is 5.92 Å². The first-order chi connectivity index (χ1) is 13.8. The van der Waals surface area contributed by atoms with Crippen LogP contribution in [0.3, 0.4) is 0 Å². The highest BCUT2D eigenvalue weighted by Crippen LogP contribution is 2.22. The Morgan fingerprint density at radius 1 is 1.10 bits per heavy atom. The number of anilines is 1. The summed E-state index contributed by atoms with van der Waals surface area (Å²) in [6.45, 7) is 7.00. The summed E-state index contributed by atoms with van der Waals surface area (Å²) in [6.07, 6.45) is 1.22. The number of piperidine rings is 1. The molecule has 2 heterocycles. The largest absolute Gasteiger partial charge is 0.347 e. The quantitative estimate of drug-likeness (QED) is 0.790. The van der Waals surface area contributed by atoms with E-state index < -0.39 is 0 Å². The highest BCUT2D eigenvalue weighted by Gasteiger charge is 2.28. The Morgan fingerprint density at radius 2 is 1.76 bits per heavy atom. The normalized spacial score (nSPS) is 14.5. The van der Waals surface area contributed by atoms with Gasteiger partial charge in [0.2, 0.25) is 11.8 Å². The zero-order chi connectivity index (χ0) is 21.0. The van der Waals surface area contributed by atoms with Crippen LogP contribution in [0.2, 0.25) is 0 Å². The van der Waals surface area contributed by atoms with Crippen molar-refractivity contribution in [1.82, 2.24) is 10.2 Å². The van der Waals surface area contributed by atoms with Crippen LogP contribution in [0.25, 0.3) is 0 Å². The highest BCUT2D eigenvalue weighted by molar-refractivity contribution is 7.12. The van der Waals surface area contributed by atoms with Crippen LogP contribution in [0, 0.1) is 26.7 Å². The first kappa shape index (κ1) is 21.0. The second-order valence-corrected chi connectivity index (χ2v) is 8.53. The summed E-state index contributed by atoms with van der Waals surface area (Å²) < 4.78 is 0. The Kier molecular flexibility index (Phi) is 6.69. The summed E-state index contributed by atoms with van der Waals surface area (Å²) in [4.78, 5) is 39.6. The van der Waals surface area contributed by atoms with Gasteiger partial charge in [-0.25, -0.2) is 0 Å². The van der Waals surface area contributed by atoms with Crippen molar-refractivity contribution < 1.29 is 14.4 Å². The third kappa shape index (κ3) is 5.23. The van der Waals surface area contributed by atoms with Gasteiger partial charge >= 0.3 is 0 Å². The SMILES string of the molecule is Cc1cc(C)c(NC(=O)CNC(=O)C2CCN(C(=O)c3cccs3)CC2)c(C)c1. The topological polar surface area (TPSA) is 78.5 Å². The average molecular weight is 414 g/mol.